The van der Waals surface area contributed by atoms with Crippen molar-refractivity contribution in [3.63, 3.8) is 0 Å². The van der Waals surface area contributed by atoms with Gasteiger partial charge in [0.15, 0.2) is 0 Å². The molecule has 3 rings (SSSR count). The molecule has 2 aromatic carbocycles. The number of piperidine rings is 1. The SMILES string of the molecule is O=C(CCN1CCCCC1)N/N=C/c1ccc(-c2ccccc2)cc1. The van der Waals surface area contributed by atoms with E-state index in [0.29, 0.717) is 6.42 Å². The number of rotatable bonds is 6. The van der Waals surface area contributed by atoms with Crippen LogP contribution in [0.4, 0.5) is 0 Å². The highest BCUT2D eigenvalue weighted by molar-refractivity contribution is 5.83. The lowest BCUT2D eigenvalue weighted by molar-refractivity contribution is -0.121. The number of nitrogens with one attached hydrogen (secondary N) is 1. The summed E-state index contributed by atoms with van der Waals surface area (Å²) in [7, 11) is 0. The number of benzene rings is 2. The van der Waals surface area contributed by atoms with Gasteiger partial charge in [-0.15, -0.1) is 0 Å². The number of amides is 1. The molecule has 25 heavy (non-hydrogen) atoms. The van der Waals surface area contributed by atoms with Gasteiger partial charge in [0.2, 0.25) is 5.91 Å². The van der Waals surface area contributed by atoms with Crippen molar-refractivity contribution >= 4 is 12.1 Å². The van der Waals surface area contributed by atoms with E-state index in [-0.39, 0.29) is 5.91 Å². The molecule has 0 saturated carbocycles. The predicted octanol–water partition coefficient (Wildman–Crippen LogP) is 3.68. The number of hydrogen-bond donors (Lipinski definition) is 1. The van der Waals surface area contributed by atoms with Gasteiger partial charge in [0, 0.05) is 13.0 Å². The number of likely N-dealkylation sites (tertiary alicyclic amines) is 1. The highest BCUT2D eigenvalue weighted by Crippen LogP contribution is 2.18. The molecule has 1 N–H and O–H groups in total. The van der Waals surface area contributed by atoms with Crippen LogP contribution in [0.3, 0.4) is 0 Å². The van der Waals surface area contributed by atoms with Gasteiger partial charge in [-0.3, -0.25) is 4.79 Å². The van der Waals surface area contributed by atoms with Crippen molar-refractivity contribution in [2.45, 2.75) is 25.7 Å². The molecule has 0 aliphatic carbocycles. The Hall–Kier alpha value is -2.46. The van der Waals surface area contributed by atoms with Gasteiger partial charge in [-0.1, -0.05) is 61.0 Å². The van der Waals surface area contributed by atoms with E-state index >= 15 is 0 Å². The van der Waals surface area contributed by atoms with Crippen molar-refractivity contribution in [3.8, 4) is 11.1 Å². The molecule has 0 atom stereocenters. The van der Waals surface area contributed by atoms with E-state index < -0.39 is 0 Å². The molecule has 1 aliphatic heterocycles. The number of carbonyl (C=O) groups is 1. The van der Waals surface area contributed by atoms with E-state index in [0.717, 1.165) is 25.2 Å². The van der Waals surface area contributed by atoms with Crippen LogP contribution in [0.25, 0.3) is 11.1 Å². The first kappa shape index (κ1) is 17.4. The molecule has 4 nitrogen and oxygen atoms in total. The fourth-order valence-electron chi connectivity index (χ4n) is 3.07. The van der Waals surface area contributed by atoms with Crippen LogP contribution in [0.5, 0.6) is 0 Å². The summed E-state index contributed by atoms with van der Waals surface area (Å²) in [6.45, 7) is 3.06. The molecule has 0 spiro atoms. The third-order valence-electron chi connectivity index (χ3n) is 4.52. The molecule has 1 fully saturated rings. The predicted molar refractivity (Wildman–Crippen MR) is 103 cm³/mol. The topological polar surface area (TPSA) is 44.7 Å². The Morgan fingerprint density at radius 1 is 0.960 bits per heavy atom. The smallest absolute Gasteiger partial charge is 0.241 e. The molecule has 1 aliphatic rings. The summed E-state index contributed by atoms with van der Waals surface area (Å²) in [6, 6.07) is 18.4. The second-order valence-corrected chi connectivity index (χ2v) is 6.43. The molecule has 1 amide bonds. The molecule has 2 aromatic rings. The Morgan fingerprint density at radius 3 is 2.36 bits per heavy atom. The lowest BCUT2D eigenvalue weighted by Crippen LogP contribution is -2.33. The number of nitrogens with zero attached hydrogens (tertiary/aromatic N) is 2. The average Bonchev–Trinajstić information content (AvgIpc) is 2.68. The molecule has 130 valence electrons. The van der Waals surface area contributed by atoms with E-state index in [1.54, 1.807) is 6.21 Å². The van der Waals surface area contributed by atoms with Crippen molar-refractivity contribution < 1.29 is 4.79 Å². The normalized spacial score (nSPS) is 15.4. The maximum Gasteiger partial charge on any atom is 0.241 e. The Balaban J connectivity index is 1.44. The zero-order valence-electron chi connectivity index (χ0n) is 14.5. The van der Waals surface area contributed by atoms with Crippen LogP contribution in [0, 0.1) is 0 Å². The molecule has 1 heterocycles. The van der Waals surface area contributed by atoms with Crippen LogP contribution in [-0.4, -0.2) is 36.7 Å². The Morgan fingerprint density at radius 2 is 1.64 bits per heavy atom. The molecule has 0 aromatic heterocycles. The molecular weight excluding hydrogens is 310 g/mol. The number of carbonyl (C=O) groups excluding carboxylic acids is 1. The van der Waals surface area contributed by atoms with E-state index in [4.69, 9.17) is 0 Å². The standard InChI is InChI=1S/C21H25N3O/c25-21(13-16-24-14-5-2-6-15-24)23-22-17-18-9-11-20(12-10-18)19-7-3-1-4-8-19/h1,3-4,7-12,17H,2,5-6,13-16H2,(H,23,25)/b22-17+. The molecule has 0 unspecified atom stereocenters. The van der Waals surface area contributed by atoms with Crippen molar-refractivity contribution in [1.82, 2.24) is 10.3 Å². The Kier molecular flexibility index (Phi) is 6.35. The largest absolute Gasteiger partial charge is 0.303 e. The zero-order chi connectivity index (χ0) is 17.3. The van der Waals surface area contributed by atoms with Crippen LogP contribution in [0.1, 0.15) is 31.2 Å². The van der Waals surface area contributed by atoms with Gasteiger partial charge in [-0.2, -0.15) is 5.10 Å². The summed E-state index contributed by atoms with van der Waals surface area (Å²) in [6.07, 6.45) is 6.01. The van der Waals surface area contributed by atoms with Gasteiger partial charge < -0.3 is 4.90 Å². The van der Waals surface area contributed by atoms with E-state index in [9.17, 15) is 4.79 Å². The highest BCUT2D eigenvalue weighted by atomic mass is 16.2. The van der Waals surface area contributed by atoms with Crippen molar-refractivity contribution in [3.05, 3.63) is 60.2 Å². The van der Waals surface area contributed by atoms with Gasteiger partial charge in [-0.05, 0) is 42.6 Å². The van der Waals surface area contributed by atoms with Gasteiger partial charge in [-0.25, -0.2) is 5.43 Å². The Bertz CT molecular complexity index is 689. The fourth-order valence-corrected chi connectivity index (χ4v) is 3.07. The highest BCUT2D eigenvalue weighted by Gasteiger charge is 2.11. The third kappa shape index (κ3) is 5.54. The third-order valence-corrected chi connectivity index (χ3v) is 4.52. The van der Waals surface area contributed by atoms with Crippen molar-refractivity contribution in [1.29, 1.82) is 0 Å². The Labute approximate surface area is 149 Å². The minimum absolute atomic E-state index is 0.0253. The maximum atomic E-state index is 11.9. The lowest BCUT2D eigenvalue weighted by atomic mass is 10.0. The van der Waals surface area contributed by atoms with E-state index in [2.05, 4.69) is 39.7 Å². The molecular formula is C21H25N3O. The summed E-state index contributed by atoms with van der Waals surface area (Å²) >= 11 is 0. The quantitative estimate of drug-likeness (QED) is 0.646. The second kappa shape index (κ2) is 9.14. The lowest BCUT2D eigenvalue weighted by Gasteiger charge is -2.25. The molecule has 1 saturated heterocycles. The van der Waals surface area contributed by atoms with Crippen molar-refractivity contribution in [2.24, 2.45) is 5.10 Å². The summed E-state index contributed by atoms with van der Waals surface area (Å²) in [4.78, 5) is 14.2. The monoisotopic (exact) mass is 335 g/mol. The summed E-state index contributed by atoms with van der Waals surface area (Å²) < 4.78 is 0. The van der Waals surface area contributed by atoms with E-state index in [1.165, 1.54) is 30.4 Å². The first-order chi connectivity index (χ1) is 12.3. The van der Waals surface area contributed by atoms with Gasteiger partial charge in [0.05, 0.1) is 6.21 Å². The minimum atomic E-state index is -0.0253. The van der Waals surface area contributed by atoms with Gasteiger partial charge in [0.1, 0.15) is 0 Å². The minimum Gasteiger partial charge on any atom is -0.303 e. The average molecular weight is 335 g/mol. The zero-order valence-corrected chi connectivity index (χ0v) is 14.5. The maximum absolute atomic E-state index is 11.9. The second-order valence-electron chi connectivity index (χ2n) is 6.43. The number of hydrogen-bond acceptors (Lipinski definition) is 3. The van der Waals surface area contributed by atoms with E-state index in [1.807, 2.05) is 30.3 Å². The van der Waals surface area contributed by atoms with Crippen LogP contribution in [-0.2, 0) is 4.79 Å². The summed E-state index contributed by atoms with van der Waals surface area (Å²) in [5, 5.41) is 4.06. The van der Waals surface area contributed by atoms with Gasteiger partial charge >= 0.3 is 0 Å². The van der Waals surface area contributed by atoms with Crippen LogP contribution < -0.4 is 5.43 Å². The van der Waals surface area contributed by atoms with Crippen molar-refractivity contribution in [2.75, 3.05) is 19.6 Å². The molecule has 4 heteroatoms. The van der Waals surface area contributed by atoms with Gasteiger partial charge in [0.25, 0.3) is 0 Å². The van der Waals surface area contributed by atoms with Crippen LogP contribution in [0.15, 0.2) is 59.7 Å². The summed E-state index contributed by atoms with van der Waals surface area (Å²) in [5.74, 6) is -0.0253. The summed E-state index contributed by atoms with van der Waals surface area (Å²) in [5.41, 5.74) is 5.95. The molecule has 0 radical (unpaired) electrons. The molecule has 0 bridgehead atoms. The van der Waals surface area contributed by atoms with Crippen LogP contribution >= 0.6 is 0 Å². The number of hydrazone groups is 1. The first-order valence-corrected chi connectivity index (χ1v) is 9.01. The fraction of sp³-hybridized carbons (Fsp3) is 0.333. The van der Waals surface area contributed by atoms with Crippen LogP contribution in [0.2, 0.25) is 0 Å². The first-order valence-electron chi connectivity index (χ1n) is 9.01.